The fraction of sp³-hybridized carbons (Fsp3) is 0.375. The minimum Gasteiger partial charge on any atom is -0.491 e. The van der Waals surface area contributed by atoms with Gasteiger partial charge in [0.15, 0.2) is 0 Å². The van der Waals surface area contributed by atoms with Crippen molar-refractivity contribution in [1.29, 1.82) is 5.26 Å². The summed E-state index contributed by atoms with van der Waals surface area (Å²) in [6, 6.07) is 16.2. The van der Waals surface area contributed by atoms with Crippen LogP contribution in [0.5, 0.6) is 5.75 Å². The van der Waals surface area contributed by atoms with E-state index in [1.165, 1.54) is 0 Å². The van der Waals surface area contributed by atoms with Gasteiger partial charge in [-0.3, -0.25) is 14.9 Å². The Morgan fingerprint density at radius 3 is 2.78 bits per heavy atom. The first-order valence-electron chi connectivity index (χ1n) is 10.8. The van der Waals surface area contributed by atoms with Crippen molar-refractivity contribution in [2.45, 2.75) is 43.8 Å². The number of anilines is 1. The molecule has 0 spiro atoms. The SMILES string of the molecule is N#C[C@@H]1CCCN1C(=O)[C@@H]1CC[C@H](COc2cc(C(=O)Nc3ccccc3)ccc2Br)N1. The average Bonchev–Trinajstić information content (AvgIpc) is 3.48. The number of para-hydroxylation sites is 1. The molecule has 2 aliphatic heterocycles. The summed E-state index contributed by atoms with van der Waals surface area (Å²) < 4.78 is 6.75. The third-order valence-electron chi connectivity index (χ3n) is 5.89. The van der Waals surface area contributed by atoms with E-state index in [1.807, 2.05) is 30.3 Å². The van der Waals surface area contributed by atoms with Gasteiger partial charge >= 0.3 is 0 Å². The highest BCUT2D eigenvalue weighted by molar-refractivity contribution is 9.10. The van der Waals surface area contributed by atoms with E-state index in [0.717, 1.165) is 35.8 Å². The van der Waals surface area contributed by atoms with Crippen LogP contribution in [0.15, 0.2) is 53.0 Å². The van der Waals surface area contributed by atoms with E-state index >= 15 is 0 Å². The van der Waals surface area contributed by atoms with Crippen LogP contribution in [0.1, 0.15) is 36.0 Å². The summed E-state index contributed by atoms with van der Waals surface area (Å²) in [7, 11) is 0. The normalized spacial score (nSPS) is 22.4. The lowest BCUT2D eigenvalue weighted by Gasteiger charge is -2.24. The van der Waals surface area contributed by atoms with Crippen LogP contribution in [0.4, 0.5) is 5.69 Å². The Balaban J connectivity index is 1.33. The number of nitriles is 1. The lowest BCUT2D eigenvalue weighted by atomic mass is 10.1. The molecule has 166 valence electrons. The first kappa shape index (κ1) is 22.3. The van der Waals surface area contributed by atoms with E-state index < -0.39 is 0 Å². The molecule has 2 amide bonds. The standard InChI is InChI=1S/C24H25BrN4O3/c25-20-10-8-16(23(30)28-17-5-2-1-3-6-17)13-22(20)32-15-18-9-11-21(27-18)24(31)29-12-4-7-19(29)14-26/h1-3,5-6,8,10,13,18-19,21,27H,4,7,9,11-12,15H2,(H,28,30)/t18-,19+,21+/m1/s1. The van der Waals surface area contributed by atoms with Crippen molar-refractivity contribution >= 4 is 33.4 Å². The lowest BCUT2D eigenvalue weighted by molar-refractivity contribution is -0.133. The van der Waals surface area contributed by atoms with Crippen molar-refractivity contribution < 1.29 is 14.3 Å². The maximum absolute atomic E-state index is 12.8. The molecule has 2 saturated heterocycles. The molecule has 2 heterocycles. The quantitative estimate of drug-likeness (QED) is 0.635. The summed E-state index contributed by atoms with van der Waals surface area (Å²) in [5.41, 5.74) is 1.22. The Labute approximate surface area is 195 Å². The minimum absolute atomic E-state index is 0.0114. The Bertz CT molecular complexity index is 1020. The van der Waals surface area contributed by atoms with Crippen molar-refractivity contribution in [3.63, 3.8) is 0 Å². The zero-order chi connectivity index (χ0) is 22.5. The second-order valence-electron chi connectivity index (χ2n) is 8.09. The Kier molecular flexibility index (Phi) is 7.08. The molecule has 2 aromatic carbocycles. The summed E-state index contributed by atoms with van der Waals surface area (Å²) in [6.45, 7) is 1.04. The molecular weight excluding hydrogens is 472 g/mol. The van der Waals surface area contributed by atoms with E-state index in [1.54, 1.807) is 23.1 Å². The maximum atomic E-state index is 12.8. The highest BCUT2D eigenvalue weighted by Crippen LogP contribution is 2.28. The number of likely N-dealkylation sites (tertiary alicyclic amines) is 1. The zero-order valence-corrected chi connectivity index (χ0v) is 19.2. The van der Waals surface area contributed by atoms with E-state index in [2.05, 4.69) is 32.6 Å². The number of benzene rings is 2. The van der Waals surface area contributed by atoms with Gasteiger partial charge in [0.05, 0.1) is 16.6 Å². The molecule has 4 rings (SSSR count). The monoisotopic (exact) mass is 496 g/mol. The fourth-order valence-electron chi connectivity index (χ4n) is 4.18. The minimum atomic E-state index is -0.305. The number of carbonyl (C=O) groups is 2. The van der Waals surface area contributed by atoms with E-state index in [9.17, 15) is 14.9 Å². The van der Waals surface area contributed by atoms with Gasteiger partial charge in [0.25, 0.3) is 5.91 Å². The number of nitrogens with zero attached hydrogens (tertiary/aromatic N) is 2. The van der Waals surface area contributed by atoms with E-state index in [-0.39, 0.29) is 29.9 Å². The third kappa shape index (κ3) is 5.12. The van der Waals surface area contributed by atoms with Crippen LogP contribution in [0, 0.1) is 11.3 Å². The first-order chi connectivity index (χ1) is 15.5. The molecule has 0 aromatic heterocycles. The van der Waals surface area contributed by atoms with Crippen molar-refractivity contribution in [1.82, 2.24) is 10.2 Å². The van der Waals surface area contributed by atoms with Gasteiger partial charge in [-0.05, 0) is 71.9 Å². The molecule has 0 unspecified atom stereocenters. The molecule has 0 saturated carbocycles. The number of hydrogen-bond acceptors (Lipinski definition) is 5. The van der Waals surface area contributed by atoms with Gasteiger partial charge in [0.2, 0.25) is 5.91 Å². The molecule has 0 radical (unpaired) electrons. The molecule has 32 heavy (non-hydrogen) atoms. The Morgan fingerprint density at radius 2 is 2.00 bits per heavy atom. The molecule has 2 fully saturated rings. The summed E-state index contributed by atoms with van der Waals surface area (Å²) in [4.78, 5) is 27.1. The molecule has 7 nitrogen and oxygen atoms in total. The van der Waals surface area contributed by atoms with Gasteiger partial charge in [0.1, 0.15) is 18.4 Å². The van der Waals surface area contributed by atoms with Crippen molar-refractivity contribution in [2.75, 3.05) is 18.5 Å². The van der Waals surface area contributed by atoms with Crippen LogP contribution in [0.2, 0.25) is 0 Å². The predicted molar refractivity (Wildman–Crippen MR) is 124 cm³/mol. The number of hydrogen-bond donors (Lipinski definition) is 2. The summed E-state index contributed by atoms with van der Waals surface area (Å²) in [6.07, 6.45) is 3.17. The van der Waals surface area contributed by atoms with Gasteiger partial charge in [-0.1, -0.05) is 18.2 Å². The van der Waals surface area contributed by atoms with Gasteiger partial charge < -0.3 is 15.0 Å². The van der Waals surface area contributed by atoms with E-state index in [0.29, 0.717) is 24.5 Å². The van der Waals surface area contributed by atoms with E-state index in [4.69, 9.17) is 4.74 Å². The molecule has 0 bridgehead atoms. The van der Waals surface area contributed by atoms with Crippen LogP contribution in [0.25, 0.3) is 0 Å². The fourth-order valence-corrected chi connectivity index (χ4v) is 4.54. The summed E-state index contributed by atoms with van der Waals surface area (Å²) in [5, 5.41) is 15.5. The molecular formula is C24H25BrN4O3. The first-order valence-corrected chi connectivity index (χ1v) is 11.6. The topological polar surface area (TPSA) is 94.5 Å². The smallest absolute Gasteiger partial charge is 0.255 e. The second-order valence-corrected chi connectivity index (χ2v) is 8.94. The summed E-state index contributed by atoms with van der Waals surface area (Å²) in [5.74, 6) is 0.375. The van der Waals surface area contributed by atoms with Gasteiger partial charge in [-0.25, -0.2) is 0 Å². The number of nitrogens with one attached hydrogen (secondary N) is 2. The van der Waals surface area contributed by atoms with Crippen molar-refractivity contribution in [2.24, 2.45) is 0 Å². The molecule has 2 aliphatic rings. The van der Waals surface area contributed by atoms with Crippen LogP contribution in [-0.2, 0) is 4.79 Å². The number of rotatable bonds is 6. The highest BCUT2D eigenvalue weighted by atomic mass is 79.9. The zero-order valence-electron chi connectivity index (χ0n) is 17.6. The number of halogens is 1. The van der Waals surface area contributed by atoms with Crippen molar-refractivity contribution in [3.8, 4) is 11.8 Å². The Morgan fingerprint density at radius 1 is 1.19 bits per heavy atom. The van der Waals surface area contributed by atoms with Crippen LogP contribution in [0.3, 0.4) is 0 Å². The highest BCUT2D eigenvalue weighted by Gasteiger charge is 2.37. The van der Waals surface area contributed by atoms with Gasteiger partial charge in [-0.2, -0.15) is 5.26 Å². The third-order valence-corrected chi connectivity index (χ3v) is 6.54. The molecule has 8 heteroatoms. The Hall–Kier alpha value is -2.89. The number of amides is 2. The van der Waals surface area contributed by atoms with Gasteiger partial charge in [0, 0.05) is 23.8 Å². The number of carbonyl (C=O) groups excluding carboxylic acids is 2. The molecule has 0 aliphatic carbocycles. The lowest BCUT2D eigenvalue weighted by Crippen LogP contribution is -2.47. The summed E-state index contributed by atoms with van der Waals surface area (Å²) >= 11 is 3.48. The molecule has 3 atom stereocenters. The van der Waals surface area contributed by atoms with Crippen LogP contribution in [-0.4, -0.2) is 48.0 Å². The maximum Gasteiger partial charge on any atom is 0.255 e. The average molecular weight is 497 g/mol. The number of ether oxygens (including phenoxy) is 1. The van der Waals surface area contributed by atoms with Crippen molar-refractivity contribution in [3.05, 3.63) is 58.6 Å². The molecule has 2 N–H and O–H groups in total. The molecule has 2 aromatic rings. The largest absolute Gasteiger partial charge is 0.491 e. The van der Waals surface area contributed by atoms with Gasteiger partial charge in [-0.15, -0.1) is 0 Å². The van der Waals surface area contributed by atoms with Crippen LogP contribution >= 0.6 is 15.9 Å². The predicted octanol–water partition coefficient (Wildman–Crippen LogP) is 3.72. The van der Waals surface area contributed by atoms with Crippen LogP contribution < -0.4 is 15.4 Å². The second kappa shape index (κ2) is 10.2.